The van der Waals surface area contributed by atoms with Crippen LogP contribution in [0.25, 0.3) is 6.08 Å². The van der Waals surface area contributed by atoms with Crippen LogP contribution in [0.3, 0.4) is 0 Å². The highest BCUT2D eigenvalue weighted by Gasteiger charge is 2.36. The minimum Gasteiger partial charge on any atom is -0.496 e. The fourth-order valence-corrected chi connectivity index (χ4v) is 5.80. The number of Topliss-reactive ketones (excluding diaryl/α,β-unsaturated/α-hetero) is 1. The average molecular weight is 548 g/mol. The molecule has 3 aliphatic rings. The van der Waals surface area contributed by atoms with E-state index in [-0.39, 0.29) is 5.92 Å². The Labute approximate surface area is 241 Å². The number of hydrogen-bond acceptors (Lipinski definition) is 5. The van der Waals surface area contributed by atoms with Crippen LogP contribution in [0.1, 0.15) is 130 Å². The first-order valence-corrected chi connectivity index (χ1v) is 14.8. The Hall–Kier alpha value is -3.08. The van der Waals surface area contributed by atoms with Crippen LogP contribution in [0.4, 0.5) is 0 Å². The summed E-state index contributed by atoms with van der Waals surface area (Å²) in [7, 11) is 3.44. The number of allylic oxidation sites excluding steroid dienone is 1. The molecule has 40 heavy (non-hydrogen) atoms. The third-order valence-corrected chi connectivity index (χ3v) is 8.13. The molecule has 0 radical (unpaired) electrons. The molecule has 3 saturated heterocycles. The van der Waals surface area contributed by atoms with Crippen LogP contribution in [0.2, 0.25) is 0 Å². The van der Waals surface area contributed by atoms with Gasteiger partial charge in [0.15, 0.2) is 5.78 Å². The summed E-state index contributed by atoms with van der Waals surface area (Å²) in [4.78, 5) is 25.8. The molecule has 2 aromatic rings. The number of benzene rings is 2. The van der Waals surface area contributed by atoms with Crippen LogP contribution in [0.5, 0.6) is 11.5 Å². The van der Waals surface area contributed by atoms with E-state index in [1.165, 1.54) is 11.1 Å². The molecule has 5 rings (SSSR count). The Bertz CT molecular complexity index is 1170. The molecule has 3 heterocycles. The van der Waals surface area contributed by atoms with Crippen molar-refractivity contribution in [3.8, 4) is 11.5 Å². The maximum atomic E-state index is 12.6. The van der Waals surface area contributed by atoms with Gasteiger partial charge in [0.2, 0.25) is 0 Å². The Morgan fingerprint density at radius 1 is 0.700 bits per heavy atom. The second kappa shape index (κ2) is 13.5. The first kappa shape index (κ1) is 31.4. The quantitative estimate of drug-likeness (QED) is 0.246. The normalized spacial score (nSPS) is 16.3. The number of carbonyl (C=O) groups is 2. The SMILES string of the molecule is COc1c(C(C)C)cc(C=C2C(=O)C3CCN2CC3)cc1C(C)C.COc1c(C(C)C)cc(C=O)cc1C(C)C. The minimum absolute atomic E-state index is 0.244. The van der Waals surface area contributed by atoms with Gasteiger partial charge in [0.1, 0.15) is 17.8 Å². The predicted octanol–water partition coefficient (Wildman–Crippen LogP) is 8.33. The van der Waals surface area contributed by atoms with Crippen LogP contribution in [-0.4, -0.2) is 44.3 Å². The Balaban J connectivity index is 0.000000241. The van der Waals surface area contributed by atoms with Crippen molar-refractivity contribution in [2.45, 2.75) is 91.9 Å². The third kappa shape index (κ3) is 6.79. The summed E-state index contributed by atoms with van der Waals surface area (Å²) < 4.78 is 11.2. The van der Waals surface area contributed by atoms with Gasteiger partial charge in [-0.1, -0.05) is 55.4 Å². The van der Waals surface area contributed by atoms with Gasteiger partial charge < -0.3 is 14.4 Å². The van der Waals surface area contributed by atoms with Gasteiger partial charge >= 0.3 is 0 Å². The number of carbonyl (C=O) groups excluding carboxylic acids is 2. The van der Waals surface area contributed by atoms with Gasteiger partial charge in [-0.3, -0.25) is 9.59 Å². The maximum Gasteiger partial charge on any atom is 0.182 e. The molecule has 5 heteroatoms. The number of ether oxygens (including phenoxy) is 2. The Morgan fingerprint density at radius 3 is 1.38 bits per heavy atom. The number of nitrogens with zero attached hydrogens (tertiary/aromatic N) is 1. The number of hydrogen-bond donors (Lipinski definition) is 0. The standard InChI is InChI=1S/C21H29NO2.C14H20O2/c1-13(2)17-10-15(11-18(14(3)4)21(17)24-5)12-19-20(23)16-6-8-22(19)9-7-16;1-9(2)12-6-11(8-15)7-13(10(3)4)14(12)16-5/h10-14,16H,6-9H2,1-5H3;6-10H,1-5H3. The summed E-state index contributed by atoms with van der Waals surface area (Å²) in [6.45, 7) is 19.2. The second-order valence-electron chi connectivity index (χ2n) is 12.4. The van der Waals surface area contributed by atoms with Crippen LogP contribution in [0.15, 0.2) is 30.0 Å². The highest BCUT2D eigenvalue weighted by Crippen LogP contribution is 2.38. The number of fused-ring (bicyclic) bond motifs is 3. The van der Waals surface area contributed by atoms with E-state index in [0.717, 1.165) is 71.7 Å². The van der Waals surface area contributed by atoms with Crippen LogP contribution >= 0.6 is 0 Å². The monoisotopic (exact) mass is 547 g/mol. The van der Waals surface area contributed by atoms with Crippen molar-refractivity contribution in [1.82, 2.24) is 4.90 Å². The molecular weight excluding hydrogens is 498 g/mol. The van der Waals surface area contributed by atoms with Crippen molar-refractivity contribution in [2.75, 3.05) is 27.3 Å². The maximum absolute atomic E-state index is 12.6. The van der Waals surface area contributed by atoms with Gasteiger partial charge in [0, 0.05) is 24.6 Å². The van der Waals surface area contributed by atoms with Gasteiger partial charge in [-0.25, -0.2) is 0 Å². The first-order valence-electron chi connectivity index (χ1n) is 14.8. The van der Waals surface area contributed by atoms with E-state index in [2.05, 4.69) is 78.5 Å². The van der Waals surface area contributed by atoms with Crippen molar-refractivity contribution < 1.29 is 19.1 Å². The van der Waals surface area contributed by atoms with E-state index in [1.54, 1.807) is 14.2 Å². The van der Waals surface area contributed by atoms with E-state index in [4.69, 9.17) is 9.47 Å². The van der Waals surface area contributed by atoms with Gasteiger partial charge in [-0.05, 0) is 94.7 Å². The molecule has 0 unspecified atom stereocenters. The van der Waals surface area contributed by atoms with Gasteiger partial charge in [-0.15, -0.1) is 0 Å². The van der Waals surface area contributed by atoms with E-state index >= 15 is 0 Å². The average Bonchev–Trinajstić information content (AvgIpc) is 2.93. The van der Waals surface area contributed by atoms with Crippen molar-refractivity contribution in [3.63, 3.8) is 0 Å². The molecule has 0 saturated carbocycles. The molecule has 2 bridgehead atoms. The highest BCUT2D eigenvalue weighted by molar-refractivity contribution is 6.02. The lowest BCUT2D eigenvalue weighted by Gasteiger charge is -2.41. The van der Waals surface area contributed by atoms with Crippen molar-refractivity contribution in [3.05, 3.63) is 63.3 Å². The van der Waals surface area contributed by atoms with E-state index in [0.29, 0.717) is 29.5 Å². The minimum atomic E-state index is 0.244. The molecule has 0 aromatic heterocycles. The second-order valence-corrected chi connectivity index (χ2v) is 12.4. The highest BCUT2D eigenvalue weighted by atomic mass is 16.5. The molecule has 0 aliphatic carbocycles. The predicted molar refractivity (Wildman–Crippen MR) is 165 cm³/mol. The smallest absolute Gasteiger partial charge is 0.182 e. The van der Waals surface area contributed by atoms with Crippen LogP contribution in [-0.2, 0) is 4.79 Å². The molecule has 2 aromatic carbocycles. The van der Waals surface area contributed by atoms with Gasteiger partial charge in [-0.2, -0.15) is 0 Å². The van der Waals surface area contributed by atoms with Crippen molar-refractivity contribution >= 4 is 18.1 Å². The Morgan fingerprint density at radius 2 is 1.07 bits per heavy atom. The summed E-state index contributed by atoms with van der Waals surface area (Å²) in [5, 5.41) is 0. The number of methoxy groups -OCH3 is 2. The van der Waals surface area contributed by atoms with Gasteiger partial charge in [0.25, 0.3) is 0 Å². The fourth-order valence-electron chi connectivity index (χ4n) is 5.80. The van der Waals surface area contributed by atoms with Crippen LogP contribution < -0.4 is 9.47 Å². The summed E-state index contributed by atoms with van der Waals surface area (Å²) in [5.41, 5.74) is 7.42. The zero-order chi connectivity index (χ0) is 29.7. The fraction of sp³-hybridized carbons (Fsp3) is 0.543. The molecule has 0 amide bonds. The van der Waals surface area contributed by atoms with E-state index < -0.39 is 0 Å². The third-order valence-electron chi connectivity index (χ3n) is 8.13. The van der Waals surface area contributed by atoms with Crippen molar-refractivity contribution in [2.24, 2.45) is 5.92 Å². The van der Waals surface area contributed by atoms with E-state index in [9.17, 15) is 9.59 Å². The molecule has 3 aliphatic heterocycles. The molecule has 5 nitrogen and oxygen atoms in total. The lowest BCUT2D eigenvalue weighted by atomic mass is 9.84. The number of piperidine rings is 3. The number of rotatable bonds is 8. The molecule has 0 atom stereocenters. The van der Waals surface area contributed by atoms with Crippen LogP contribution in [0, 0.1) is 5.92 Å². The van der Waals surface area contributed by atoms with Gasteiger partial charge in [0.05, 0.1) is 19.9 Å². The first-order chi connectivity index (χ1) is 18.9. The molecule has 0 spiro atoms. The zero-order valence-electron chi connectivity index (χ0n) is 26.3. The molecule has 3 fully saturated rings. The summed E-state index contributed by atoms with van der Waals surface area (Å²) in [5.74, 6) is 3.98. The number of aldehydes is 1. The van der Waals surface area contributed by atoms with E-state index in [1.807, 2.05) is 12.1 Å². The Kier molecular flexibility index (Phi) is 10.6. The topological polar surface area (TPSA) is 55.8 Å². The largest absolute Gasteiger partial charge is 0.496 e. The molecule has 0 N–H and O–H groups in total. The summed E-state index contributed by atoms with van der Waals surface area (Å²) in [6, 6.07) is 8.23. The lowest BCUT2D eigenvalue weighted by molar-refractivity contribution is -0.125. The lowest BCUT2D eigenvalue weighted by Crippen LogP contribution is -2.45. The summed E-state index contributed by atoms with van der Waals surface area (Å²) in [6.07, 6.45) is 5.04. The summed E-state index contributed by atoms with van der Waals surface area (Å²) >= 11 is 0. The number of ketones is 1. The molecular formula is C35H49NO4. The molecule has 218 valence electrons. The zero-order valence-corrected chi connectivity index (χ0v) is 26.3. The van der Waals surface area contributed by atoms with Crippen molar-refractivity contribution in [1.29, 1.82) is 0 Å².